The summed E-state index contributed by atoms with van der Waals surface area (Å²) in [5.74, 6) is -0.836. The molecule has 0 aromatic rings. The Kier molecular flexibility index (Phi) is 4.84. The van der Waals surface area contributed by atoms with Crippen LogP contribution in [0, 0.1) is 0 Å². The second kappa shape index (κ2) is 5.17. The molecule has 0 aromatic heterocycles. The first-order valence-electron chi connectivity index (χ1n) is 2.98. The van der Waals surface area contributed by atoms with Gasteiger partial charge in [-0.2, -0.15) is 0 Å². The highest BCUT2D eigenvalue weighted by atomic mass is 19.1. The highest BCUT2D eigenvalue weighted by Gasteiger charge is 2.10. The Morgan fingerprint density at radius 3 is 2.60 bits per heavy atom. The molecule has 0 spiro atoms. The van der Waals surface area contributed by atoms with E-state index in [9.17, 15) is 9.18 Å². The molecule has 0 N–H and O–H groups in total. The molecule has 4 heteroatoms. The highest BCUT2D eigenvalue weighted by Crippen LogP contribution is 1.91. The summed E-state index contributed by atoms with van der Waals surface area (Å²) in [6, 6.07) is 0. The molecule has 0 aliphatic heterocycles. The number of alkyl halides is 1. The summed E-state index contributed by atoms with van der Waals surface area (Å²) in [7, 11) is 1.48. The van der Waals surface area contributed by atoms with Crippen molar-refractivity contribution < 1.29 is 18.7 Å². The second-order valence-electron chi connectivity index (χ2n) is 1.78. The Morgan fingerprint density at radius 2 is 2.20 bits per heavy atom. The number of carbonyl (C=O) groups excluding carboxylic acids is 1. The van der Waals surface area contributed by atoms with Crippen molar-refractivity contribution in [3.63, 3.8) is 0 Å². The van der Waals surface area contributed by atoms with Gasteiger partial charge in [0, 0.05) is 7.11 Å². The van der Waals surface area contributed by atoms with Gasteiger partial charge in [0.25, 0.3) is 0 Å². The normalized spacial score (nSPS) is 12.7. The third-order valence-electron chi connectivity index (χ3n) is 0.857. The first-order valence-corrected chi connectivity index (χ1v) is 2.98. The van der Waals surface area contributed by atoms with Crippen molar-refractivity contribution in [2.75, 3.05) is 20.3 Å². The molecule has 0 aliphatic rings. The van der Waals surface area contributed by atoms with E-state index in [-0.39, 0.29) is 6.61 Å². The molecule has 0 radical (unpaired) electrons. The van der Waals surface area contributed by atoms with Gasteiger partial charge in [-0.3, -0.25) is 0 Å². The van der Waals surface area contributed by atoms with Gasteiger partial charge in [0.1, 0.15) is 6.61 Å². The smallest absolute Gasteiger partial charge is 0.340 e. The van der Waals surface area contributed by atoms with Gasteiger partial charge >= 0.3 is 5.97 Å². The van der Waals surface area contributed by atoms with Gasteiger partial charge in [-0.1, -0.05) is 0 Å². The minimum Gasteiger partial charge on any atom is -0.461 e. The summed E-state index contributed by atoms with van der Waals surface area (Å²) in [6.07, 6.45) is -1.54. The molecule has 0 aliphatic carbocycles. The number of halogens is 1. The Bertz CT molecular complexity index is 103. The number of hydrogen-bond acceptors (Lipinski definition) is 3. The molecule has 0 heterocycles. The minimum absolute atomic E-state index is 0.115. The number of methoxy groups -OCH3 is 1. The summed E-state index contributed by atoms with van der Waals surface area (Å²) in [5.41, 5.74) is 0. The van der Waals surface area contributed by atoms with E-state index in [1.807, 2.05) is 0 Å². The average Bonchev–Trinajstić information content (AvgIpc) is 1.88. The lowest BCUT2D eigenvalue weighted by Crippen LogP contribution is -2.17. The predicted octanol–water partition coefficient (Wildman–Crippen LogP) is 0.534. The largest absolute Gasteiger partial charge is 0.461 e. The maximum absolute atomic E-state index is 12.0. The van der Waals surface area contributed by atoms with Crippen molar-refractivity contribution in [1.29, 1.82) is 0 Å². The highest BCUT2D eigenvalue weighted by molar-refractivity contribution is 5.73. The van der Waals surface area contributed by atoms with Gasteiger partial charge < -0.3 is 9.47 Å². The molecule has 1 atom stereocenters. The van der Waals surface area contributed by atoms with E-state index in [0.717, 1.165) is 6.92 Å². The van der Waals surface area contributed by atoms with Crippen LogP contribution in [0.3, 0.4) is 0 Å². The van der Waals surface area contributed by atoms with Crippen LogP contribution >= 0.6 is 0 Å². The van der Waals surface area contributed by atoms with Crippen molar-refractivity contribution >= 4 is 5.97 Å². The summed E-state index contributed by atoms with van der Waals surface area (Å²) >= 11 is 0. The summed E-state index contributed by atoms with van der Waals surface area (Å²) in [6.45, 7) is 1.55. The molecule has 0 amide bonds. The van der Waals surface area contributed by atoms with Crippen LogP contribution < -0.4 is 0 Å². The SMILES string of the molecule is COCCOC(=O)C(C)F. The average molecular weight is 150 g/mol. The van der Waals surface area contributed by atoms with Crippen LogP contribution in [0.1, 0.15) is 6.92 Å². The zero-order valence-corrected chi connectivity index (χ0v) is 6.09. The van der Waals surface area contributed by atoms with E-state index < -0.39 is 12.1 Å². The second-order valence-corrected chi connectivity index (χ2v) is 1.78. The minimum atomic E-state index is -1.54. The zero-order valence-electron chi connectivity index (χ0n) is 6.09. The fraction of sp³-hybridized carbons (Fsp3) is 0.833. The van der Waals surface area contributed by atoms with E-state index in [2.05, 4.69) is 9.47 Å². The van der Waals surface area contributed by atoms with Gasteiger partial charge in [-0.15, -0.1) is 0 Å². The number of esters is 1. The molecular weight excluding hydrogens is 139 g/mol. The summed E-state index contributed by atoms with van der Waals surface area (Å²) in [4.78, 5) is 10.4. The van der Waals surface area contributed by atoms with Crippen molar-refractivity contribution in [3.8, 4) is 0 Å². The number of hydrogen-bond donors (Lipinski definition) is 0. The van der Waals surface area contributed by atoms with E-state index in [4.69, 9.17) is 0 Å². The van der Waals surface area contributed by atoms with Gasteiger partial charge in [0.05, 0.1) is 6.61 Å². The lowest BCUT2D eigenvalue weighted by atomic mass is 10.4. The van der Waals surface area contributed by atoms with Crippen molar-refractivity contribution in [2.24, 2.45) is 0 Å². The van der Waals surface area contributed by atoms with E-state index >= 15 is 0 Å². The Morgan fingerprint density at radius 1 is 1.60 bits per heavy atom. The van der Waals surface area contributed by atoms with Crippen LogP contribution in [0.15, 0.2) is 0 Å². The standard InChI is InChI=1S/C6H11FO3/c1-5(7)6(8)10-4-3-9-2/h5H,3-4H2,1-2H3. The van der Waals surface area contributed by atoms with E-state index in [1.54, 1.807) is 0 Å². The Hall–Kier alpha value is -0.640. The Labute approximate surface area is 59.1 Å². The zero-order chi connectivity index (χ0) is 7.98. The van der Waals surface area contributed by atoms with Crippen LogP contribution in [-0.2, 0) is 14.3 Å². The molecule has 0 fully saturated rings. The maximum atomic E-state index is 12.0. The molecule has 0 aromatic carbocycles. The molecule has 0 rings (SSSR count). The fourth-order valence-corrected chi connectivity index (χ4v) is 0.340. The molecule has 3 nitrogen and oxygen atoms in total. The van der Waals surface area contributed by atoms with E-state index in [0.29, 0.717) is 6.61 Å². The van der Waals surface area contributed by atoms with Crippen LogP contribution in [0.4, 0.5) is 4.39 Å². The molecule has 1 unspecified atom stereocenters. The van der Waals surface area contributed by atoms with Crippen molar-refractivity contribution in [2.45, 2.75) is 13.1 Å². The summed E-state index contributed by atoms with van der Waals surface area (Å²) in [5, 5.41) is 0. The van der Waals surface area contributed by atoms with Crippen LogP contribution in [0.2, 0.25) is 0 Å². The fourth-order valence-electron chi connectivity index (χ4n) is 0.340. The van der Waals surface area contributed by atoms with Gasteiger partial charge in [0.2, 0.25) is 0 Å². The third kappa shape index (κ3) is 4.26. The number of rotatable bonds is 4. The summed E-state index contributed by atoms with van der Waals surface area (Å²) < 4.78 is 21.0. The lowest BCUT2D eigenvalue weighted by molar-refractivity contribution is -0.150. The molecular formula is C6H11FO3. The van der Waals surface area contributed by atoms with Crippen molar-refractivity contribution in [1.82, 2.24) is 0 Å². The van der Waals surface area contributed by atoms with Gasteiger partial charge in [0.15, 0.2) is 6.17 Å². The molecule has 60 valence electrons. The van der Waals surface area contributed by atoms with Crippen LogP contribution in [0.5, 0.6) is 0 Å². The molecule has 0 saturated heterocycles. The van der Waals surface area contributed by atoms with Crippen LogP contribution in [-0.4, -0.2) is 32.5 Å². The topological polar surface area (TPSA) is 35.5 Å². The number of ether oxygens (including phenoxy) is 2. The monoisotopic (exact) mass is 150 g/mol. The first kappa shape index (κ1) is 9.36. The quantitative estimate of drug-likeness (QED) is 0.433. The van der Waals surface area contributed by atoms with Crippen LogP contribution in [0.25, 0.3) is 0 Å². The maximum Gasteiger partial charge on any atom is 0.340 e. The van der Waals surface area contributed by atoms with Gasteiger partial charge in [-0.05, 0) is 6.92 Å². The first-order chi connectivity index (χ1) is 4.68. The molecule has 0 saturated carbocycles. The third-order valence-corrected chi connectivity index (χ3v) is 0.857. The Balaban J connectivity index is 3.22. The van der Waals surface area contributed by atoms with Gasteiger partial charge in [-0.25, -0.2) is 9.18 Å². The molecule has 0 bridgehead atoms. The molecule has 10 heavy (non-hydrogen) atoms. The lowest BCUT2D eigenvalue weighted by Gasteiger charge is -2.02. The number of carbonyl (C=O) groups is 1. The predicted molar refractivity (Wildman–Crippen MR) is 33.4 cm³/mol. The van der Waals surface area contributed by atoms with E-state index in [1.165, 1.54) is 7.11 Å². The van der Waals surface area contributed by atoms with Crippen molar-refractivity contribution in [3.05, 3.63) is 0 Å².